The van der Waals surface area contributed by atoms with Crippen LogP contribution in [0.2, 0.25) is 0 Å². The van der Waals surface area contributed by atoms with Gasteiger partial charge in [-0.3, -0.25) is 0 Å². The van der Waals surface area contributed by atoms with Gasteiger partial charge in [-0.05, 0) is 11.5 Å². The molecule has 0 N–H and O–H groups in total. The fraction of sp³-hybridized carbons (Fsp3) is 0.462. The van der Waals surface area contributed by atoms with Crippen molar-refractivity contribution in [2.45, 2.75) is 33.6 Å². The summed E-state index contributed by atoms with van der Waals surface area (Å²) in [6, 6.07) is 3.70. The van der Waals surface area contributed by atoms with E-state index in [1.165, 1.54) is 0 Å². The normalized spacial score (nSPS) is 13.6. The van der Waals surface area contributed by atoms with E-state index in [9.17, 15) is 0 Å². The summed E-state index contributed by atoms with van der Waals surface area (Å²) in [6.45, 7) is 8.70. The van der Waals surface area contributed by atoms with Crippen molar-refractivity contribution in [1.82, 2.24) is 15.1 Å². The zero-order chi connectivity index (χ0) is 12.5. The molecule has 0 saturated heterocycles. The van der Waals surface area contributed by atoms with Crippen LogP contribution in [0.15, 0.2) is 29.0 Å². The second-order valence-corrected chi connectivity index (χ2v) is 5.28. The minimum Gasteiger partial charge on any atom is -0.353 e. The third kappa shape index (κ3) is 2.52. The minimum absolute atomic E-state index is 0.158. The molecular weight excluding hydrogens is 214 g/mol. The molecule has 0 spiro atoms. The molecule has 0 aliphatic carbocycles. The zero-order valence-corrected chi connectivity index (χ0v) is 10.6. The highest BCUT2D eigenvalue weighted by Crippen LogP contribution is 2.34. The molecule has 2 heterocycles. The first-order valence-corrected chi connectivity index (χ1v) is 5.72. The zero-order valence-electron chi connectivity index (χ0n) is 10.6. The van der Waals surface area contributed by atoms with E-state index in [0.29, 0.717) is 17.5 Å². The van der Waals surface area contributed by atoms with E-state index < -0.39 is 0 Å². The topological polar surface area (TPSA) is 51.8 Å². The molecule has 17 heavy (non-hydrogen) atoms. The van der Waals surface area contributed by atoms with Gasteiger partial charge in [-0.15, -0.1) is 0 Å². The Labute approximate surface area is 101 Å². The van der Waals surface area contributed by atoms with Crippen LogP contribution in [-0.4, -0.2) is 15.1 Å². The number of aromatic nitrogens is 3. The van der Waals surface area contributed by atoms with Crippen LogP contribution in [0.1, 0.15) is 39.3 Å². The highest BCUT2D eigenvalue weighted by molar-refractivity contribution is 5.46. The van der Waals surface area contributed by atoms with Crippen molar-refractivity contribution < 1.29 is 4.52 Å². The molecule has 0 radical (unpaired) electrons. The lowest BCUT2D eigenvalue weighted by Gasteiger charge is -2.24. The minimum atomic E-state index is 0.158. The Morgan fingerprint density at radius 3 is 2.41 bits per heavy atom. The van der Waals surface area contributed by atoms with Gasteiger partial charge in [0.15, 0.2) is 5.82 Å². The third-order valence-corrected chi connectivity index (χ3v) is 3.06. The summed E-state index contributed by atoms with van der Waals surface area (Å²) in [5.74, 6) is 1.52. The van der Waals surface area contributed by atoms with E-state index in [0.717, 1.165) is 5.69 Å². The van der Waals surface area contributed by atoms with Gasteiger partial charge in [0.2, 0.25) is 5.76 Å². The third-order valence-electron chi connectivity index (χ3n) is 3.06. The molecule has 4 nitrogen and oxygen atoms in total. The summed E-state index contributed by atoms with van der Waals surface area (Å²) < 4.78 is 5.29. The quantitative estimate of drug-likeness (QED) is 0.795. The lowest BCUT2D eigenvalue weighted by atomic mass is 9.80. The van der Waals surface area contributed by atoms with Crippen LogP contribution in [0.5, 0.6) is 0 Å². The van der Waals surface area contributed by atoms with Gasteiger partial charge in [-0.25, -0.2) is 9.97 Å². The summed E-state index contributed by atoms with van der Waals surface area (Å²) in [4.78, 5) is 8.28. The van der Waals surface area contributed by atoms with E-state index in [1.807, 2.05) is 6.07 Å². The largest absolute Gasteiger partial charge is 0.353 e. The Kier molecular flexibility index (Phi) is 2.96. The Bertz CT molecular complexity index is 485. The summed E-state index contributed by atoms with van der Waals surface area (Å²) in [6.07, 6.45) is 3.38. The molecule has 2 aromatic rings. The van der Waals surface area contributed by atoms with Crippen molar-refractivity contribution in [3.05, 3.63) is 30.2 Å². The van der Waals surface area contributed by atoms with Crippen LogP contribution in [0.3, 0.4) is 0 Å². The van der Waals surface area contributed by atoms with Gasteiger partial charge in [-0.1, -0.05) is 32.9 Å². The van der Waals surface area contributed by atoms with E-state index in [1.54, 1.807) is 18.5 Å². The van der Waals surface area contributed by atoms with Crippen molar-refractivity contribution in [3.8, 4) is 11.6 Å². The van der Waals surface area contributed by atoms with E-state index >= 15 is 0 Å². The van der Waals surface area contributed by atoms with E-state index in [-0.39, 0.29) is 5.41 Å². The fourth-order valence-electron chi connectivity index (χ4n) is 1.47. The molecule has 90 valence electrons. The number of rotatable bonds is 2. The van der Waals surface area contributed by atoms with E-state index in [4.69, 9.17) is 4.52 Å². The number of nitrogens with zero attached hydrogens (tertiary/aromatic N) is 3. The van der Waals surface area contributed by atoms with Crippen molar-refractivity contribution in [3.63, 3.8) is 0 Å². The fourth-order valence-corrected chi connectivity index (χ4v) is 1.47. The van der Waals surface area contributed by atoms with E-state index in [2.05, 4.69) is 42.8 Å². The maximum Gasteiger partial charge on any atom is 0.204 e. The Hall–Kier alpha value is -1.71. The van der Waals surface area contributed by atoms with Crippen LogP contribution >= 0.6 is 0 Å². The average molecular weight is 231 g/mol. The lowest BCUT2D eigenvalue weighted by molar-refractivity contribution is 0.317. The SMILES string of the molecule is C[C@H](c1cc(-c2ncccn2)on1)C(C)(C)C. The van der Waals surface area contributed by atoms with Gasteiger partial charge in [0.05, 0.1) is 5.69 Å². The monoisotopic (exact) mass is 231 g/mol. The van der Waals surface area contributed by atoms with Gasteiger partial charge in [0.25, 0.3) is 0 Å². The molecule has 2 aromatic heterocycles. The standard InChI is InChI=1S/C13H17N3O/c1-9(13(2,3)4)10-8-11(17-16-10)12-14-6-5-7-15-12/h5-9H,1-4H3/t9-/m1/s1. The molecule has 0 amide bonds. The number of hydrogen-bond donors (Lipinski definition) is 0. The molecule has 0 aromatic carbocycles. The molecular formula is C13H17N3O. The van der Waals surface area contributed by atoms with Crippen molar-refractivity contribution in [2.75, 3.05) is 0 Å². The van der Waals surface area contributed by atoms with Gasteiger partial charge in [0.1, 0.15) is 0 Å². The number of hydrogen-bond acceptors (Lipinski definition) is 4. The summed E-state index contributed by atoms with van der Waals surface area (Å²) in [5.41, 5.74) is 1.10. The van der Waals surface area contributed by atoms with Crippen molar-refractivity contribution in [2.24, 2.45) is 5.41 Å². The maximum atomic E-state index is 5.29. The van der Waals surface area contributed by atoms with Gasteiger partial charge in [-0.2, -0.15) is 0 Å². The first-order chi connectivity index (χ1) is 7.98. The molecule has 0 saturated carbocycles. The molecule has 0 unspecified atom stereocenters. The maximum absolute atomic E-state index is 5.29. The average Bonchev–Trinajstić information content (AvgIpc) is 2.77. The van der Waals surface area contributed by atoms with Gasteiger partial charge >= 0.3 is 0 Å². The first-order valence-electron chi connectivity index (χ1n) is 5.72. The Morgan fingerprint density at radius 1 is 1.18 bits per heavy atom. The summed E-state index contributed by atoms with van der Waals surface area (Å²) >= 11 is 0. The Morgan fingerprint density at radius 2 is 1.82 bits per heavy atom. The van der Waals surface area contributed by atoms with Crippen LogP contribution in [0.25, 0.3) is 11.6 Å². The van der Waals surface area contributed by atoms with Crippen molar-refractivity contribution >= 4 is 0 Å². The molecule has 0 aliphatic heterocycles. The Balaban J connectivity index is 2.28. The highest BCUT2D eigenvalue weighted by Gasteiger charge is 2.25. The molecule has 0 aliphatic rings. The lowest BCUT2D eigenvalue weighted by Crippen LogP contribution is -2.15. The van der Waals surface area contributed by atoms with Crippen LogP contribution in [-0.2, 0) is 0 Å². The first kappa shape index (κ1) is 11.8. The molecule has 2 rings (SSSR count). The van der Waals surface area contributed by atoms with Crippen LogP contribution in [0.4, 0.5) is 0 Å². The predicted molar refractivity (Wildman–Crippen MR) is 65.4 cm³/mol. The molecule has 1 atom stereocenters. The molecule has 4 heteroatoms. The second-order valence-electron chi connectivity index (χ2n) is 5.28. The van der Waals surface area contributed by atoms with Gasteiger partial charge in [0, 0.05) is 24.4 Å². The predicted octanol–water partition coefficient (Wildman–Crippen LogP) is 3.28. The second kappa shape index (κ2) is 4.28. The summed E-state index contributed by atoms with van der Waals surface area (Å²) in [5, 5.41) is 4.10. The van der Waals surface area contributed by atoms with Crippen LogP contribution in [0, 0.1) is 5.41 Å². The molecule has 0 fully saturated rings. The molecule has 0 bridgehead atoms. The highest BCUT2D eigenvalue weighted by atomic mass is 16.5. The van der Waals surface area contributed by atoms with Crippen LogP contribution < -0.4 is 0 Å². The summed E-state index contributed by atoms with van der Waals surface area (Å²) in [7, 11) is 0. The smallest absolute Gasteiger partial charge is 0.204 e. The van der Waals surface area contributed by atoms with Gasteiger partial charge < -0.3 is 4.52 Å². The van der Waals surface area contributed by atoms with Crippen molar-refractivity contribution in [1.29, 1.82) is 0 Å².